The summed E-state index contributed by atoms with van der Waals surface area (Å²) in [5, 5.41) is 2.24. The van der Waals surface area contributed by atoms with Crippen molar-refractivity contribution in [3.05, 3.63) is 58.9 Å². The molecule has 3 heterocycles. The number of rotatable bonds is 1. The maximum Gasteiger partial charge on any atom is 0.416 e. The number of pyridine rings is 1. The van der Waals surface area contributed by atoms with Crippen molar-refractivity contribution in [1.29, 1.82) is 0 Å². The Kier molecular flexibility index (Phi) is 4.05. The highest BCUT2D eigenvalue weighted by Crippen LogP contribution is 2.44. The van der Waals surface area contributed by atoms with Crippen molar-refractivity contribution in [1.82, 2.24) is 9.88 Å². The molecular weight excluding hydrogens is 369 g/mol. The molecule has 2 atom stereocenters. The van der Waals surface area contributed by atoms with Crippen molar-refractivity contribution < 1.29 is 26.7 Å². The van der Waals surface area contributed by atoms with Crippen LogP contribution in [0.2, 0.25) is 0 Å². The van der Waals surface area contributed by atoms with Crippen LogP contribution < -0.4 is 5.32 Å². The molecule has 2 aliphatic heterocycles. The molecule has 0 saturated carbocycles. The molecule has 1 aromatic carbocycles. The van der Waals surface area contributed by atoms with Gasteiger partial charge in [0.1, 0.15) is 5.82 Å². The van der Waals surface area contributed by atoms with Crippen molar-refractivity contribution in [3.63, 3.8) is 0 Å². The zero-order valence-electron chi connectivity index (χ0n) is 13.9. The second kappa shape index (κ2) is 6.17. The Morgan fingerprint density at radius 3 is 2.70 bits per heavy atom. The fraction of sp³-hybridized carbons (Fsp3) is 0.333. The third-order valence-electron chi connectivity index (χ3n) is 5.11. The lowest BCUT2D eigenvalue weighted by molar-refractivity contribution is -0.137. The number of nitrogens with zero attached hydrogens (tertiary/aromatic N) is 2. The number of alkyl halides is 3. The minimum Gasteiger partial charge on any atom is -0.314 e. The van der Waals surface area contributed by atoms with E-state index < -0.39 is 41.3 Å². The Hall–Kier alpha value is -2.71. The smallest absolute Gasteiger partial charge is 0.314 e. The molecule has 0 spiro atoms. The lowest BCUT2D eigenvalue weighted by Crippen LogP contribution is -2.44. The number of aromatic nitrogens is 1. The Morgan fingerprint density at radius 1 is 1.19 bits per heavy atom. The number of halogens is 5. The number of anilines is 1. The fourth-order valence-corrected chi connectivity index (χ4v) is 3.90. The van der Waals surface area contributed by atoms with Crippen LogP contribution in [0.5, 0.6) is 0 Å². The van der Waals surface area contributed by atoms with Crippen molar-refractivity contribution in [3.8, 4) is 0 Å². The first kappa shape index (κ1) is 17.7. The van der Waals surface area contributed by atoms with Crippen LogP contribution in [0.4, 0.5) is 32.4 Å². The molecule has 0 radical (unpaired) electrons. The molecule has 2 aliphatic rings. The third kappa shape index (κ3) is 3.00. The zero-order valence-corrected chi connectivity index (χ0v) is 13.9. The first-order chi connectivity index (χ1) is 12.8. The number of amides is 2. The van der Waals surface area contributed by atoms with E-state index in [1.165, 1.54) is 11.1 Å². The highest BCUT2D eigenvalue weighted by molar-refractivity contribution is 5.90. The second-order valence-electron chi connectivity index (χ2n) is 6.65. The van der Waals surface area contributed by atoms with Gasteiger partial charge in [-0.25, -0.2) is 14.2 Å². The van der Waals surface area contributed by atoms with Crippen molar-refractivity contribution in [2.24, 2.45) is 0 Å². The van der Waals surface area contributed by atoms with E-state index >= 15 is 0 Å². The van der Waals surface area contributed by atoms with Gasteiger partial charge in [0, 0.05) is 17.8 Å². The highest BCUT2D eigenvalue weighted by atomic mass is 19.4. The first-order valence-electron chi connectivity index (χ1n) is 8.35. The molecule has 142 valence electrons. The Labute approximate surface area is 151 Å². The molecule has 1 aromatic heterocycles. The van der Waals surface area contributed by atoms with Gasteiger partial charge in [0.25, 0.3) is 0 Å². The van der Waals surface area contributed by atoms with Crippen LogP contribution in [0.15, 0.2) is 30.5 Å². The molecule has 2 aromatic rings. The number of hydrogen-bond donors (Lipinski definition) is 1. The summed E-state index contributed by atoms with van der Waals surface area (Å²) in [4.78, 5) is 17.8. The first-order valence-corrected chi connectivity index (χ1v) is 8.35. The van der Waals surface area contributed by atoms with Gasteiger partial charge in [0.2, 0.25) is 5.95 Å². The van der Waals surface area contributed by atoms with Gasteiger partial charge in [0.15, 0.2) is 0 Å². The lowest BCUT2D eigenvalue weighted by atomic mass is 9.95. The van der Waals surface area contributed by atoms with Gasteiger partial charge >= 0.3 is 12.2 Å². The van der Waals surface area contributed by atoms with Gasteiger partial charge in [-0.15, -0.1) is 0 Å². The summed E-state index contributed by atoms with van der Waals surface area (Å²) in [6, 6.07) is 2.05. The highest BCUT2D eigenvalue weighted by Gasteiger charge is 2.44. The van der Waals surface area contributed by atoms with Crippen molar-refractivity contribution in [2.45, 2.75) is 37.5 Å². The van der Waals surface area contributed by atoms with Crippen molar-refractivity contribution in [2.75, 3.05) is 5.32 Å². The van der Waals surface area contributed by atoms with Crippen LogP contribution in [-0.4, -0.2) is 22.0 Å². The number of urea groups is 1. The summed E-state index contributed by atoms with van der Waals surface area (Å²) in [5.41, 5.74) is -0.504. The van der Waals surface area contributed by atoms with Crippen LogP contribution in [0, 0.1) is 11.8 Å². The van der Waals surface area contributed by atoms with Gasteiger partial charge in [-0.1, -0.05) is 0 Å². The summed E-state index contributed by atoms with van der Waals surface area (Å²) in [7, 11) is 0. The van der Waals surface area contributed by atoms with Gasteiger partial charge in [-0.2, -0.15) is 17.6 Å². The van der Waals surface area contributed by atoms with E-state index in [9.17, 15) is 26.7 Å². The quantitative estimate of drug-likeness (QED) is 0.575. The maximum atomic E-state index is 13.9. The molecule has 1 fully saturated rings. The van der Waals surface area contributed by atoms with Crippen LogP contribution in [0.1, 0.15) is 35.6 Å². The molecule has 2 amide bonds. The molecule has 0 unspecified atom stereocenters. The topological polar surface area (TPSA) is 45.2 Å². The van der Waals surface area contributed by atoms with E-state index in [0.717, 1.165) is 0 Å². The van der Waals surface area contributed by atoms with Crippen LogP contribution >= 0.6 is 0 Å². The molecule has 0 aliphatic carbocycles. The van der Waals surface area contributed by atoms with Gasteiger partial charge in [0.05, 0.1) is 17.3 Å². The molecule has 2 bridgehead atoms. The standard InChI is InChI=1S/C18H14F5N3O/c19-13-3-1-9(18(21,22)23)7-14(13)25-17(27)26-10-2-4-15(26)11-5-6-24-16(20)12(11)8-10/h1,3,5-7,10,15H,2,4,8H2,(H,25,27)/t10-,15+/m1/s1. The SMILES string of the molecule is O=C(Nc1cc(C(F)(F)F)ccc1F)N1[C@@H]2CC[C@H]1c1ccnc(F)c1C2. The Balaban J connectivity index is 1.62. The van der Waals surface area contributed by atoms with Crippen LogP contribution in [-0.2, 0) is 12.6 Å². The minimum atomic E-state index is -4.65. The summed E-state index contributed by atoms with van der Waals surface area (Å²) in [5.74, 6) is -1.54. The van der Waals surface area contributed by atoms with Gasteiger partial charge < -0.3 is 10.2 Å². The predicted molar refractivity (Wildman–Crippen MR) is 85.9 cm³/mol. The number of fused-ring (bicyclic) bond motifs is 4. The van der Waals surface area contributed by atoms with E-state index in [1.807, 2.05) is 0 Å². The van der Waals surface area contributed by atoms with E-state index in [2.05, 4.69) is 10.3 Å². The second-order valence-corrected chi connectivity index (χ2v) is 6.65. The molecular formula is C18H14F5N3O. The molecule has 4 nitrogen and oxygen atoms in total. The van der Waals surface area contributed by atoms with Crippen LogP contribution in [0.3, 0.4) is 0 Å². The normalized spacial score (nSPS) is 21.1. The fourth-order valence-electron chi connectivity index (χ4n) is 3.90. The zero-order chi connectivity index (χ0) is 19.3. The number of benzene rings is 1. The number of nitrogens with one attached hydrogen (secondary N) is 1. The summed E-state index contributed by atoms with van der Waals surface area (Å²) >= 11 is 0. The van der Waals surface area contributed by atoms with Gasteiger partial charge in [-0.3, -0.25) is 0 Å². The monoisotopic (exact) mass is 383 g/mol. The van der Waals surface area contributed by atoms with Crippen molar-refractivity contribution >= 4 is 11.7 Å². The molecule has 1 saturated heterocycles. The minimum absolute atomic E-state index is 0.268. The summed E-state index contributed by atoms with van der Waals surface area (Å²) < 4.78 is 66.4. The Morgan fingerprint density at radius 2 is 1.96 bits per heavy atom. The average molecular weight is 383 g/mol. The van der Waals surface area contributed by atoms with E-state index in [4.69, 9.17) is 0 Å². The van der Waals surface area contributed by atoms with Crippen LogP contribution in [0.25, 0.3) is 0 Å². The number of carbonyl (C=O) groups is 1. The molecule has 1 N–H and O–H groups in total. The summed E-state index contributed by atoms with van der Waals surface area (Å²) in [6.45, 7) is 0. The third-order valence-corrected chi connectivity index (χ3v) is 5.11. The van der Waals surface area contributed by atoms with E-state index in [1.54, 1.807) is 6.07 Å². The number of carbonyl (C=O) groups excluding carboxylic acids is 1. The van der Waals surface area contributed by atoms with Gasteiger partial charge in [-0.05, 0) is 49.1 Å². The summed E-state index contributed by atoms with van der Waals surface area (Å²) in [6.07, 6.45) is -1.85. The maximum absolute atomic E-state index is 13.9. The molecule has 9 heteroatoms. The lowest BCUT2D eigenvalue weighted by Gasteiger charge is -2.36. The molecule has 4 rings (SSSR count). The number of hydrogen-bond acceptors (Lipinski definition) is 2. The predicted octanol–water partition coefficient (Wildman–Crippen LogP) is 4.67. The molecule has 27 heavy (non-hydrogen) atoms. The Bertz CT molecular complexity index is 914. The van der Waals surface area contributed by atoms with E-state index in [-0.39, 0.29) is 12.5 Å². The van der Waals surface area contributed by atoms with E-state index in [0.29, 0.717) is 42.2 Å². The average Bonchev–Trinajstić information content (AvgIpc) is 2.92. The largest absolute Gasteiger partial charge is 0.416 e.